The van der Waals surface area contributed by atoms with Gasteiger partial charge in [-0.2, -0.15) is 0 Å². The Kier molecular flexibility index (Phi) is 4.27. The van der Waals surface area contributed by atoms with Gasteiger partial charge in [-0.05, 0) is 30.1 Å². The average molecular weight is 286 g/mol. The van der Waals surface area contributed by atoms with Crippen molar-refractivity contribution in [2.45, 2.75) is 25.8 Å². The molecule has 3 nitrogen and oxygen atoms in total. The monoisotopic (exact) mass is 285 g/mol. The van der Waals surface area contributed by atoms with E-state index >= 15 is 0 Å². The second kappa shape index (κ2) is 5.73. The molecule has 0 radical (unpaired) electrons. The Hall–Kier alpha value is -1.04. The van der Waals surface area contributed by atoms with Crippen molar-refractivity contribution in [3.63, 3.8) is 0 Å². The molecule has 0 aliphatic rings. The van der Waals surface area contributed by atoms with Crippen LogP contribution in [0.1, 0.15) is 35.5 Å². The Labute approximate surface area is 114 Å². The zero-order valence-corrected chi connectivity index (χ0v) is 11.4. The van der Waals surface area contributed by atoms with Crippen molar-refractivity contribution in [3.8, 4) is 0 Å². The summed E-state index contributed by atoms with van der Waals surface area (Å²) in [4.78, 5) is 0.818. The van der Waals surface area contributed by atoms with Crippen LogP contribution < -0.4 is 5.73 Å². The Morgan fingerprint density at radius 2 is 2.28 bits per heavy atom. The number of aromatic nitrogens is 2. The molecule has 2 N–H and O–H groups in total. The SMILES string of the molecule is CCCc1nnsc1C(N)c1ccc(Cl)cc1F. The van der Waals surface area contributed by atoms with E-state index < -0.39 is 11.9 Å². The molecule has 1 heterocycles. The molecule has 0 saturated carbocycles. The highest BCUT2D eigenvalue weighted by Gasteiger charge is 2.20. The highest BCUT2D eigenvalue weighted by atomic mass is 35.5. The third kappa shape index (κ3) is 2.68. The minimum Gasteiger partial charge on any atom is -0.319 e. The van der Waals surface area contributed by atoms with E-state index in [-0.39, 0.29) is 0 Å². The Morgan fingerprint density at radius 3 is 2.94 bits per heavy atom. The van der Waals surface area contributed by atoms with Crippen LogP contribution >= 0.6 is 23.1 Å². The fourth-order valence-electron chi connectivity index (χ4n) is 1.76. The lowest BCUT2D eigenvalue weighted by Gasteiger charge is -2.12. The molecule has 0 fully saturated rings. The van der Waals surface area contributed by atoms with Gasteiger partial charge in [0.05, 0.1) is 16.6 Å². The van der Waals surface area contributed by atoms with Crippen LogP contribution in [-0.4, -0.2) is 9.59 Å². The van der Waals surface area contributed by atoms with Gasteiger partial charge in [0.25, 0.3) is 0 Å². The first-order chi connectivity index (χ1) is 8.63. The first-order valence-corrected chi connectivity index (χ1v) is 6.80. The zero-order valence-electron chi connectivity index (χ0n) is 9.86. The van der Waals surface area contributed by atoms with Crippen molar-refractivity contribution >= 4 is 23.1 Å². The summed E-state index contributed by atoms with van der Waals surface area (Å²) in [6.07, 6.45) is 1.75. The molecular formula is C12H13ClFN3S. The van der Waals surface area contributed by atoms with Crippen LogP contribution in [0.5, 0.6) is 0 Å². The Balaban J connectivity index is 2.35. The standard InChI is InChI=1S/C12H13ClFN3S/c1-2-3-10-12(18-17-16-10)11(15)8-5-4-7(13)6-9(8)14/h4-6,11H,2-3,15H2,1H3. The summed E-state index contributed by atoms with van der Waals surface area (Å²) < 4.78 is 17.7. The quantitative estimate of drug-likeness (QED) is 0.937. The molecule has 1 aromatic carbocycles. The third-order valence-electron chi connectivity index (χ3n) is 2.65. The number of halogens is 2. The summed E-state index contributed by atoms with van der Waals surface area (Å²) in [6.45, 7) is 2.05. The predicted octanol–water partition coefficient (Wildman–Crippen LogP) is 3.33. The number of benzene rings is 1. The molecular weight excluding hydrogens is 273 g/mol. The summed E-state index contributed by atoms with van der Waals surface area (Å²) in [7, 11) is 0. The lowest BCUT2D eigenvalue weighted by Crippen LogP contribution is -2.14. The topological polar surface area (TPSA) is 51.8 Å². The number of nitrogens with zero attached hydrogens (tertiary/aromatic N) is 2. The van der Waals surface area contributed by atoms with Crippen LogP contribution in [0.4, 0.5) is 4.39 Å². The van der Waals surface area contributed by atoms with Crippen molar-refractivity contribution in [3.05, 3.63) is 45.2 Å². The normalized spacial score (nSPS) is 12.7. The summed E-state index contributed by atoms with van der Waals surface area (Å²) >= 11 is 6.94. The molecule has 0 amide bonds. The Morgan fingerprint density at radius 1 is 1.50 bits per heavy atom. The van der Waals surface area contributed by atoms with E-state index in [0.29, 0.717) is 10.6 Å². The van der Waals surface area contributed by atoms with E-state index in [9.17, 15) is 4.39 Å². The minimum absolute atomic E-state index is 0.361. The van der Waals surface area contributed by atoms with E-state index in [2.05, 4.69) is 16.5 Å². The second-order valence-corrected chi connectivity index (χ2v) is 5.20. The van der Waals surface area contributed by atoms with E-state index in [1.54, 1.807) is 12.1 Å². The molecule has 6 heteroatoms. The fraction of sp³-hybridized carbons (Fsp3) is 0.333. The van der Waals surface area contributed by atoms with Gasteiger partial charge in [0.15, 0.2) is 0 Å². The number of hydrogen-bond donors (Lipinski definition) is 1. The highest BCUT2D eigenvalue weighted by Crippen LogP contribution is 2.28. The second-order valence-electron chi connectivity index (χ2n) is 3.98. The molecule has 0 bridgehead atoms. The maximum atomic E-state index is 13.8. The van der Waals surface area contributed by atoms with Crippen molar-refractivity contribution < 1.29 is 4.39 Å². The van der Waals surface area contributed by atoms with Gasteiger partial charge in [-0.1, -0.05) is 35.5 Å². The van der Waals surface area contributed by atoms with Crippen LogP contribution in [0.3, 0.4) is 0 Å². The molecule has 1 aromatic heterocycles. The van der Waals surface area contributed by atoms with Crippen LogP contribution in [0.2, 0.25) is 5.02 Å². The summed E-state index contributed by atoms with van der Waals surface area (Å²) in [6, 6.07) is 3.97. The van der Waals surface area contributed by atoms with Gasteiger partial charge in [-0.25, -0.2) is 4.39 Å². The van der Waals surface area contributed by atoms with Crippen LogP contribution in [0.15, 0.2) is 18.2 Å². The molecule has 0 aliphatic heterocycles. The smallest absolute Gasteiger partial charge is 0.129 e. The van der Waals surface area contributed by atoms with Gasteiger partial charge >= 0.3 is 0 Å². The molecule has 18 heavy (non-hydrogen) atoms. The lowest BCUT2D eigenvalue weighted by atomic mass is 10.0. The number of nitrogens with two attached hydrogens (primary N) is 1. The molecule has 1 unspecified atom stereocenters. The maximum absolute atomic E-state index is 13.8. The Bertz CT molecular complexity index is 544. The largest absolute Gasteiger partial charge is 0.319 e. The van der Waals surface area contributed by atoms with Gasteiger partial charge < -0.3 is 5.73 Å². The van der Waals surface area contributed by atoms with Crippen molar-refractivity contribution in [1.82, 2.24) is 9.59 Å². The van der Waals surface area contributed by atoms with Crippen LogP contribution in [-0.2, 0) is 6.42 Å². The molecule has 0 saturated heterocycles. The summed E-state index contributed by atoms with van der Waals surface area (Å²) in [5.74, 6) is -0.397. The van der Waals surface area contributed by atoms with Gasteiger partial charge in [-0.3, -0.25) is 0 Å². The van der Waals surface area contributed by atoms with Crippen molar-refractivity contribution in [2.24, 2.45) is 5.73 Å². The summed E-state index contributed by atoms with van der Waals surface area (Å²) in [5, 5.41) is 4.40. The lowest BCUT2D eigenvalue weighted by molar-refractivity contribution is 0.600. The molecule has 2 aromatic rings. The van der Waals surface area contributed by atoms with E-state index in [4.69, 9.17) is 17.3 Å². The van der Waals surface area contributed by atoms with E-state index in [1.807, 2.05) is 0 Å². The number of rotatable bonds is 4. The fourth-order valence-corrected chi connectivity index (χ4v) is 2.63. The minimum atomic E-state index is -0.538. The van der Waals surface area contributed by atoms with Crippen LogP contribution in [0.25, 0.3) is 0 Å². The first-order valence-electron chi connectivity index (χ1n) is 5.65. The average Bonchev–Trinajstić information content (AvgIpc) is 2.77. The first kappa shape index (κ1) is 13.4. The highest BCUT2D eigenvalue weighted by molar-refractivity contribution is 7.05. The van der Waals surface area contributed by atoms with Gasteiger partial charge in [-0.15, -0.1) is 5.10 Å². The molecule has 96 valence electrons. The predicted molar refractivity (Wildman–Crippen MR) is 71.3 cm³/mol. The maximum Gasteiger partial charge on any atom is 0.129 e. The van der Waals surface area contributed by atoms with Crippen LogP contribution in [0, 0.1) is 5.82 Å². The van der Waals surface area contributed by atoms with Crippen molar-refractivity contribution in [1.29, 1.82) is 0 Å². The number of hydrogen-bond acceptors (Lipinski definition) is 4. The molecule has 0 spiro atoms. The molecule has 2 rings (SSSR count). The van der Waals surface area contributed by atoms with E-state index in [1.165, 1.54) is 17.6 Å². The molecule has 1 atom stereocenters. The molecule has 0 aliphatic carbocycles. The third-order valence-corrected chi connectivity index (χ3v) is 3.74. The van der Waals surface area contributed by atoms with Crippen molar-refractivity contribution in [2.75, 3.05) is 0 Å². The van der Waals surface area contributed by atoms with Gasteiger partial charge in [0, 0.05) is 10.6 Å². The van der Waals surface area contributed by atoms with Gasteiger partial charge in [0.1, 0.15) is 5.82 Å². The van der Waals surface area contributed by atoms with Gasteiger partial charge in [0.2, 0.25) is 0 Å². The number of aryl methyl sites for hydroxylation is 1. The van der Waals surface area contributed by atoms with E-state index in [0.717, 1.165) is 23.4 Å². The summed E-state index contributed by atoms with van der Waals surface area (Å²) in [5.41, 5.74) is 7.36. The zero-order chi connectivity index (χ0) is 13.1.